The molecule has 2 saturated heterocycles. The van der Waals surface area contributed by atoms with Crippen molar-refractivity contribution in [3.05, 3.63) is 57.2 Å². The van der Waals surface area contributed by atoms with E-state index in [1.54, 1.807) is 6.07 Å². The largest absolute Gasteiger partial charge is 0.393 e. The van der Waals surface area contributed by atoms with Crippen molar-refractivity contribution in [1.29, 1.82) is 5.26 Å². The summed E-state index contributed by atoms with van der Waals surface area (Å²) in [5.41, 5.74) is 4.31. The number of thiophene rings is 1. The second-order valence-electron chi connectivity index (χ2n) is 12.6. The molecule has 2 aliphatic rings. The van der Waals surface area contributed by atoms with Crippen LogP contribution in [-0.4, -0.2) is 88.4 Å². The van der Waals surface area contributed by atoms with E-state index in [-0.39, 0.29) is 10.9 Å². The Morgan fingerprint density at radius 2 is 1.79 bits per heavy atom. The molecular formula is C33H42F3N9OS. The summed E-state index contributed by atoms with van der Waals surface area (Å²) in [6.07, 6.45) is -1.96. The number of hydrogen-bond acceptors (Lipinski definition) is 10. The number of nitrogens with one attached hydrogen (secondary N) is 2. The Hall–Kier alpha value is -3.64. The number of piperidine rings is 1. The third-order valence-electron chi connectivity index (χ3n) is 8.93. The number of halogens is 3. The molecule has 0 saturated carbocycles. The quantitative estimate of drug-likeness (QED) is 0.217. The summed E-state index contributed by atoms with van der Waals surface area (Å²) in [7, 11) is 1.19. The standard InChI is InChI=1S/C32H39F3N8S.CH3NO/c1-20-16-42(17-21(2)39-20)10-11-43-25(15-36)12-27-22(3)23(4-5-29(27)43)18-41-8-6-24(7-9-41)40-30-28-13-26(14-32(33,34)35)44-31(28)38-19-37-30;1-2-3/h4-5,12-13,19-21,24,39H,6-11,14,16-18H2,1-3H3,(H,37,38,40);1H3. The Morgan fingerprint density at radius 3 is 2.45 bits per heavy atom. The molecule has 3 aromatic heterocycles. The monoisotopic (exact) mass is 669 g/mol. The van der Waals surface area contributed by atoms with E-state index in [0.717, 1.165) is 80.9 Å². The van der Waals surface area contributed by atoms with E-state index in [0.29, 0.717) is 33.8 Å². The number of nitrogens with zero attached hydrogens (tertiary/aromatic N) is 7. The van der Waals surface area contributed by atoms with Gasteiger partial charge in [0.2, 0.25) is 0 Å². The number of benzene rings is 1. The molecule has 10 nitrogen and oxygen atoms in total. The highest BCUT2D eigenvalue weighted by atomic mass is 32.1. The van der Waals surface area contributed by atoms with Crippen LogP contribution in [0.4, 0.5) is 19.0 Å². The maximum atomic E-state index is 12.9. The van der Waals surface area contributed by atoms with Crippen LogP contribution in [0.5, 0.6) is 0 Å². The zero-order valence-corrected chi connectivity index (χ0v) is 28.1. The lowest BCUT2D eigenvalue weighted by molar-refractivity contribution is -0.126. The zero-order valence-electron chi connectivity index (χ0n) is 27.3. The van der Waals surface area contributed by atoms with Crippen LogP contribution < -0.4 is 10.6 Å². The maximum Gasteiger partial charge on any atom is 0.393 e. The third-order valence-corrected chi connectivity index (χ3v) is 9.97. The molecule has 252 valence electrons. The van der Waals surface area contributed by atoms with Gasteiger partial charge in [-0.05, 0) is 62.9 Å². The fourth-order valence-electron chi connectivity index (χ4n) is 6.87. The van der Waals surface area contributed by atoms with E-state index in [2.05, 4.69) is 79.1 Å². The van der Waals surface area contributed by atoms with Crippen LogP contribution in [0.15, 0.2) is 35.8 Å². The highest BCUT2D eigenvalue weighted by Crippen LogP contribution is 2.33. The predicted octanol–water partition coefficient (Wildman–Crippen LogP) is 6.07. The molecule has 4 aromatic rings. The first-order chi connectivity index (χ1) is 22.5. The van der Waals surface area contributed by atoms with E-state index in [1.807, 2.05) is 6.07 Å². The highest BCUT2D eigenvalue weighted by Gasteiger charge is 2.29. The summed E-state index contributed by atoms with van der Waals surface area (Å²) in [6, 6.07) is 11.5. The molecule has 0 radical (unpaired) electrons. The van der Waals surface area contributed by atoms with Crippen molar-refractivity contribution in [2.24, 2.45) is 5.18 Å². The normalized spacial score (nSPS) is 19.8. The van der Waals surface area contributed by atoms with Crippen LogP contribution in [-0.2, 0) is 19.5 Å². The van der Waals surface area contributed by atoms with Gasteiger partial charge in [-0.3, -0.25) is 9.80 Å². The second-order valence-corrected chi connectivity index (χ2v) is 13.7. The van der Waals surface area contributed by atoms with Gasteiger partial charge in [0.05, 0.1) is 18.9 Å². The number of aromatic nitrogens is 3. The van der Waals surface area contributed by atoms with Crippen LogP contribution in [0, 0.1) is 23.2 Å². The number of rotatable bonds is 8. The van der Waals surface area contributed by atoms with Gasteiger partial charge in [-0.15, -0.1) is 11.3 Å². The first kappa shape index (κ1) is 34.7. The molecule has 5 heterocycles. The van der Waals surface area contributed by atoms with E-state index in [4.69, 9.17) is 4.91 Å². The number of alkyl halides is 3. The molecule has 2 fully saturated rings. The van der Waals surface area contributed by atoms with Crippen LogP contribution in [0.3, 0.4) is 0 Å². The number of likely N-dealkylation sites (tertiary alicyclic amines) is 1. The van der Waals surface area contributed by atoms with Crippen molar-refractivity contribution < 1.29 is 13.2 Å². The molecular weight excluding hydrogens is 627 g/mol. The second kappa shape index (κ2) is 15.1. The van der Waals surface area contributed by atoms with Gasteiger partial charge < -0.3 is 15.2 Å². The molecule has 0 bridgehead atoms. The SMILES string of the molecule is CN=O.Cc1c(CN2CCC(Nc3ncnc4sc(CC(F)(F)F)cc34)CC2)ccc2c1cc(C#N)n2CCN1CC(C)NC(C)C1. The maximum absolute atomic E-state index is 12.9. The summed E-state index contributed by atoms with van der Waals surface area (Å²) >= 11 is 1.07. The van der Waals surface area contributed by atoms with Crippen LogP contribution in [0.25, 0.3) is 21.1 Å². The minimum Gasteiger partial charge on any atom is -0.367 e. The van der Waals surface area contributed by atoms with Crippen molar-refractivity contribution in [3.63, 3.8) is 0 Å². The summed E-state index contributed by atoms with van der Waals surface area (Å²) in [5.74, 6) is 0.609. The van der Waals surface area contributed by atoms with Crippen LogP contribution in [0.1, 0.15) is 48.4 Å². The minimum atomic E-state index is -4.25. The molecule has 2 unspecified atom stereocenters. The molecule has 0 aliphatic carbocycles. The fraction of sp³-hybridized carbons (Fsp3) is 0.545. The van der Waals surface area contributed by atoms with Gasteiger partial charge >= 0.3 is 6.18 Å². The van der Waals surface area contributed by atoms with E-state index >= 15 is 0 Å². The van der Waals surface area contributed by atoms with Gasteiger partial charge in [0, 0.05) is 79.7 Å². The Balaban J connectivity index is 0.00000139. The minimum absolute atomic E-state index is 0.188. The molecule has 1 aromatic carbocycles. The Morgan fingerprint density at radius 1 is 1.09 bits per heavy atom. The molecule has 14 heteroatoms. The predicted molar refractivity (Wildman–Crippen MR) is 181 cm³/mol. The first-order valence-corrected chi connectivity index (χ1v) is 16.8. The average Bonchev–Trinajstić information content (AvgIpc) is 3.59. The molecule has 2 N–H and O–H groups in total. The summed E-state index contributed by atoms with van der Waals surface area (Å²) < 4.78 is 40.9. The van der Waals surface area contributed by atoms with Crippen LogP contribution >= 0.6 is 11.3 Å². The molecule has 6 rings (SSSR count). The summed E-state index contributed by atoms with van der Waals surface area (Å²) in [5, 5.41) is 21.1. The Labute approximate surface area is 276 Å². The number of anilines is 1. The van der Waals surface area contributed by atoms with Crippen molar-refractivity contribution in [2.45, 2.75) is 77.4 Å². The van der Waals surface area contributed by atoms with Gasteiger partial charge in [-0.25, -0.2) is 9.97 Å². The topological polar surface area (TPSA) is 114 Å². The van der Waals surface area contributed by atoms with Crippen molar-refractivity contribution in [3.8, 4) is 6.07 Å². The van der Waals surface area contributed by atoms with Crippen LogP contribution in [0.2, 0.25) is 0 Å². The first-order valence-electron chi connectivity index (χ1n) is 16.0. The number of fused-ring (bicyclic) bond motifs is 2. The number of hydrogen-bond donors (Lipinski definition) is 2. The fourth-order valence-corrected chi connectivity index (χ4v) is 7.89. The third kappa shape index (κ3) is 8.64. The molecule has 47 heavy (non-hydrogen) atoms. The lowest BCUT2D eigenvalue weighted by Crippen LogP contribution is -2.54. The average molecular weight is 670 g/mol. The van der Waals surface area contributed by atoms with Crippen molar-refractivity contribution >= 4 is 38.3 Å². The van der Waals surface area contributed by atoms with Gasteiger partial charge in [-0.1, -0.05) is 11.2 Å². The molecule has 2 aliphatic heterocycles. The molecule has 0 amide bonds. The molecule has 0 spiro atoms. The Bertz CT molecular complexity index is 1710. The van der Waals surface area contributed by atoms with Gasteiger partial charge in [-0.2, -0.15) is 23.3 Å². The molecule has 2 atom stereocenters. The number of nitroso groups, excluding NO2 is 1. The van der Waals surface area contributed by atoms with Gasteiger partial charge in [0.15, 0.2) is 0 Å². The lowest BCUT2D eigenvalue weighted by atomic mass is 10.0. The van der Waals surface area contributed by atoms with Gasteiger partial charge in [0.1, 0.15) is 28.7 Å². The van der Waals surface area contributed by atoms with E-state index in [1.165, 1.54) is 24.5 Å². The number of aryl methyl sites for hydroxylation is 1. The smallest absolute Gasteiger partial charge is 0.367 e. The number of piperazine rings is 1. The summed E-state index contributed by atoms with van der Waals surface area (Å²) in [4.78, 5) is 22.9. The lowest BCUT2D eigenvalue weighted by Gasteiger charge is -2.36. The van der Waals surface area contributed by atoms with E-state index < -0.39 is 12.6 Å². The van der Waals surface area contributed by atoms with Crippen molar-refractivity contribution in [1.82, 2.24) is 29.7 Å². The Kier molecular flexibility index (Phi) is 11.1. The zero-order chi connectivity index (χ0) is 33.7. The number of nitriles is 1. The van der Waals surface area contributed by atoms with Crippen molar-refractivity contribution in [2.75, 3.05) is 45.1 Å². The van der Waals surface area contributed by atoms with Gasteiger partial charge in [0.25, 0.3) is 0 Å². The summed E-state index contributed by atoms with van der Waals surface area (Å²) in [6.45, 7) is 13.0. The van der Waals surface area contributed by atoms with E-state index in [9.17, 15) is 18.4 Å². The highest BCUT2D eigenvalue weighted by molar-refractivity contribution is 7.18.